The highest BCUT2D eigenvalue weighted by atomic mass is 16.3. The quantitative estimate of drug-likeness (QED) is 0.609. The molecule has 3 N–H and O–H groups in total. The molecule has 0 aliphatic carbocycles. The number of benzene rings is 1. The molecular formula is C11H16N2O2. The Labute approximate surface area is 89.3 Å². The van der Waals surface area contributed by atoms with Crippen molar-refractivity contribution in [2.75, 3.05) is 20.1 Å². The highest BCUT2D eigenvalue weighted by molar-refractivity contribution is 5.78. The lowest BCUT2D eigenvalue weighted by molar-refractivity contribution is -0.120. The molecule has 82 valence electrons. The van der Waals surface area contributed by atoms with Gasteiger partial charge in [-0.1, -0.05) is 12.1 Å². The molecule has 1 aromatic rings. The number of rotatable bonds is 5. The topological polar surface area (TPSA) is 61.4 Å². The fourth-order valence-corrected chi connectivity index (χ4v) is 1.19. The minimum absolute atomic E-state index is 0.00376. The maximum absolute atomic E-state index is 11.4. The van der Waals surface area contributed by atoms with Crippen molar-refractivity contribution in [1.82, 2.24) is 10.6 Å². The Hall–Kier alpha value is -1.55. The van der Waals surface area contributed by atoms with Crippen molar-refractivity contribution in [3.05, 3.63) is 29.8 Å². The number of aromatic hydroxyl groups is 1. The number of phenolic OH excluding ortho intramolecular Hbond substituents is 1. The van der Waals surface area contributed by atoms with Crippen LogP contribution in [0.1, 0.15) is 5.56 Å². The summed E-state index contributed by atoms with van der Waals surface area (Å²) < 4.78 is 0. The first-order valence-electron chi connectivity index (χ1n) is 4.91. The molecule has 0 aromatic heterocycles. The van der Waals surface area contributed by atoms with E-state index in [1.54, 1.807) is 24.3 Å². The van der Waals surface area contributed by atoms with Crippen molar-refractivity contribution in [2.24, 2.45) is 0 Å². The minimum Gasteiger partial charge on any atom is -0.508 e. The first-order chi connectivity index (χ1) is 7.22. The average Bonchev–Trinajstić information content (AvgIpc) is 2.22. The summed E-state index contributed by atoms with van der Waals surface area (Å²) >= 11 is 0. The van der Waals surface area contributed by atoms with Crippen LogP contribution in [0.15, 0.2) is 24.3 Å². The van der Waals surface area contributed by atoms with Gasteiger partial charge >= 0.3 is 0 Å². The number of hydrogen-bond donors (Lipinski definition) is 3. The van der Waals surface area contributed by atoms with E-state index < -0.39 is 0 Å². The van der Waals surface area contributed by atoms with Crippen LogP contribution >= 0.6 is 0 Å². The number of nitrogens with one attached hydrogen (secondary N) is 2. The number of amides is 1. The van der Waals surface area contributed by atoms with Gasteiger partial charge < -0.3 is 15.7 Å². The van der Waals surface area contributed by atoms with E-state index in [1.165, 1.54) is 0 Å². The summed E-state index contributed by atoms with van der Waals surface area (Å²) in [7, 11) is 1.84. The molecule has 0 aliphatic rings. The highest BCUT2D eigenvalue weighted by Crippen LogP contribution is 2.09. The van der Waals surface area contributed by atoms with Crippen LogP contribution in [0.25, 0.3) is 0 Å². The molecular weight excluding hydrogens is 192 g/mol. The van der Waals surface area contributed by atoms with Crippen LogP contribution in [0.5, 0.6) is 5.75 Å². The molecule has 4 nitrogen and oxygen atoms in total. The van der Waals surface area contributed by atoms with E-state index in [-0.39, 0.29) is 11.7 Å². The van der Waals surface area contributed by atoms with Crippen LogP contribution < -0.4 is 10.6 Å². The third-order valence-corrected chi connectivity index (χ3v) is 2.00. The molecule has 0 saturated heterocycles. The third kappa shape index (κ3) is 4.46. The molecule has 0 radical (unpaired) electrons. The molecule has 0 unspecified atom stereocenters. The SMILES string of the molecule is CNCCNC(=O)Cc1ccc(O)cc1. The van der Waals surface area contributed by atoms with Gasteiger partial charge in [0.15, 0.2) is 0 Å². The predicted molar refractivity (Wildman–Crippen MR) is 58.7 cm³/mol. The lowest BCUT2D eigenvalue weighted by atomic mass is 10.1. The first kappa shape index (κ1) is 11.5. The van der Waals surface area contributed by atoms with E-state index in [9.17, 15) is 4.79 Å². The third-order valence-electron chi connectivity index (χ3n) is 2.00. The van der Waals surface area contributed by atoms with Gasteiger partial charge in [0.2, 0.25) is 5.91 Å². The first-order valence-corrected chi connectivity index (χ1v) is 4.91. The lowest BCUT2D eigenvalue weighted by Crippen LogP contribution is -2.31. The predicted octanol–water partition coefficient (Wildman–Crippen LogP) is 0.270. The Morgan fingerprint density at radius 3 is 2.53 bits per heavy atom. The van der Waals surface area contributed by atoms with Crippen LogP contribution in [0.2, 0.25) is 0 Å². The summed E-state index contributed by atoms with van der Waals surface area (Å²) in [4.78, 5) is 11.4. The summed E-state index contributed by atoms with van der Waals surface area (Å²) in [6.45, 7) is 1.40. The molecule has 0 bridgehead atoms. The van der Waals surface area contributed by atoms with Crippen LogP contribution in [-0.2, 0) is 11.2 Å². The molecule has 1 rings (SSSR count). The maximum atomic E-state index is 11.4. The van der Waals surface area contributed by atoms with Gasteiger partial charge in [0.05, 0.1) is 6.42 Å². The van der Waals surface area contributed by atoms with Crippen molar-refractivity contribution in [3.8, 4) is 5.75 Å². The monoisotopic (exact) mass is 208 g/mol. The van der Waals surface area contributed by atoms with E-state index in [0.717, 1.165) is 12.1 Å². The van der Waals surface area contributed by atoms with Crippen LogP contribution in [0.3, 0.4) is 0 Å². The van der Waals surface area contributed by atoms with Crippen molar-refractivity contribution in [2.45, 2.75) is 6.42 Å². The van der Waals surface area contributed by atoms with Crippen LogP contribution in [-0.4, -0.2) is 31.2 Å². The van der Waals surface area contributed by atoms with E-state index in [0.29, 0.717) is 13.0 Å². The smallest absolute Gasteiger partial charge is 0.224 e. The Bertz CT molecular complexity index is 309. The molecule has 4 heteroatoms. The number of carbonyl (C=O) groups excluding carboxylic acids is 1. The number of hydrogen-bond acceptors (Lipinski definition) is 3. The fourth-order valence-electron chi connectivity index (χ4n) is 1.19. The van der Waals surface area contributed by atoms with Crippen molar-refractivity contribution in [1.29, 1.82) is 0 Å². The highest BCUT2D eigenvalue weighted by Gasteiger charge is 2.01. The summed E-state index contributed by atoms with van der Waals surface area (Å²) in [6, 6.07) is 6.65. The molecule has 0 saturated carbocycles. The molecule has 0 fully saturated rings. The van der Waals surface area contributed by atoms with Crippen LogP contribution in [0.4, 0.5) is 0 Å². The number of likely N-dealkylation sites (N-methyl/N-ethyl adjacent to an activating group) is 1. The second-order valence-corrected chi connectivity index (χ2v) is 3.30. The zero-order chi connectivity index (χ0) is 11.1. The zero-order valence-corrected chi connectivity index (χ0v) is 8.79. The Kier molecular flexibility index (Phi) is 4.63. The van der Waals surface area contributed by atoms with Crippen molar-refractivity contribution in [3.63, 3.8) is 0 Å². The largest absolute Gasteiger partial charge is 0.508 e. The summed E-state index contributed by atoms with van der Waals surface area (Å²) in [5, 5.41) is 14.8. The standard InChI is InChI=1S/C11H16N2O2/c1-12-6-7-13-11(15)8-9-2-4-10(14)5-3-9/h2-5,12,14H,6-8H2,1H3,(H,13,15). The van der Waals surface area contributed by atoms with Gasteiger partial charge in [0.1, 0.15) is 5.75 Å². The Morgan fingerprint density at radius 2 is 1.93 bits per heavy atom. The Morgan fingerprint density at radius 1 is 1.27 bits per heavy atom. The normalized spacial score (nSPS) is 9.93. The van der Waals surface area contributed by atoms with Crippen LogP contribution in [0, 0.1) is 0 Å². The van der Waals surface area contributed by atoms with E-state index in [2.05, 4.69) is 10.6 Å². The van der Waals surface area contributed by atoms with Gasteiger partial charge in [-0.25, -0.2) is 0 Å². The Balaban J connectivity index is 2.34. The minimum atomic E-state index is -0.00376. The maximum Gasteiger partial charge on any atom is 0.224 e. The average molecular weight is 208 g/mol. The van der Waals surface area contributed by atoms with Gasteiger partial charge in [0, 0.05) is 13.1 Å². The molecule has 0 heterocycles. The van der Waals surface area contributed by atoms with E-state index in [4.69, 9.17) is 5.11 Å². The number of phenols is 1. The fraction of sp³-hybridized carbons (Fsp3) is 0.364. The molecule has 0 aliphatic heterocycles. The zero-order valence-electron chi connectivity index (χ0n) is 8.79. The molecule has 15 heavy (non-hydrogen) atoms. The van der Waals surface area contributed by atoms with E-state index >= 15 is 0 Å². The van der Waals surface area contributed by atoms with Gasteiger partial charge in [-0.3, -0.25) is 4.79 Å². The van der Waals surface area contributed by atoms with Gasteiger partial charge in [-0.05, 0) is 24.7 Å². The van der Waals surface area contributed by atoms with Gasteiger partial charge in [-0.15, -0.1) is 0 Å². The lowest BCUT2D eigenvalue weighted by Gasteiger charge is -2.04. The van der Waals surface area contributed by atoms with Gasteiger partial charge in [-0.2, -0.15) is 0 Å². The molecule has 0 atom stereocenters. The summed E-state index contributed by atoms with van der Waals surface area (Å²) in [6.07, 6.45) is 0.351. The van der Waals surface area contributed by atoms with Gasteiger partial charge in [0.25, 0.3) is 0 Å². The number of carbonyl (C=O) groups is 1. The van der Waals surface area contributed by atoms with Crippen molar-refractivity contribution >= 4 is 5.91 Å². The summed E-state index contributed by atoms with van der Waals surface area (Å²) in [5.74, 6) is 0.213. The summed E-state index contributed by atoms with van der Waals surface area (Å²) in [5.41, 5.74) is 0.898. The second kappa shape index (κ2) is 6.03. The molecule has 1 amide bonds. The van der Waals surface area contributed by atoms with E-state index in [1.807, 2.05) is 7.05 Å². The molecule has 1 aromatic carbocycles. The second-order valence-electron chi connectivity index (χ2n) is 3.30. The van der Waals surface area contributed by atoms with Crippen molar-refractivity contribution < 1.29 is 9.90 Å². The molecule has 0 spiro atoms.